The third-order valence-corrected chi connectivity index (χ3v) is 9.39. The van der Waals surface area contributed by atoms with Crippen LogP contribution in [0.15, 0.2) is 42.5 Å². The number of rotatable bonds is 25. The lowest BCUT2D eigenvalue weighted by molar-refractivity contribution is -0.385. The summed E-state index contributed by atoms with van der Waals surface area (Å²) >= 11 is 0. The van der Waals surface area contributed by atoms with E-state index in [0.717, 1.165) is 17.7 Å². The molecule has 0 heterocycles. The molecule has 336 valence electrons. The number of nitrogens with one attached hydrogen (secondary N) is 6. The third-order valence-electron chi connectivity index (χ3n) is 9.39. The van der Waals surface area contributed by atoms with E-state index in [1.807, 2.05) is 39.8 Å². The zero-order chi connectivity index (χ0) is 46.1. The molecular formula is C40H59N9O12. The summed E-state index contributed by atoms with van der Waals surface area (Å²) in [6.07, 6.45) is -2.34. The Kier molecular flexibility index (Phi) is 20.0. The number of aromatic hydroxyl groups is 1. The number of hydrogen-bond acceptors (Lipinski definition) is 13. The first kappa shape index (κ1) is 50.8. The molecule has 0 radical (unpaired) electrons. The number of aliphatic hydroxyl groups excluding tert-OH is 1. The molecule has 2 rings (SSSR count). The number of phenols is 1. The van der Waals surface area contributed by atoms with Crippen molar-refractivity contribution in [2.75, 3.05) is 5.73 Å². The number of carbonyl (C=O) groups excluding carboxylic acids is 6. The van der Waals surface area contributed by atoms with Crippen LogP contribution >= 0.6 is 0 Å². The van der Waals surface area contributed by atoms with Gasteiger partial charge in [0.15, 0.2) is 5.75 Å². The minimum absolute atomic E-state index is 0.0786. The van der Waals surface area contributed by atoms with Gasteiger partial charge in [-0.15, -0.1) is 0 Å². The molecule has 2 aromatic rings. The Bertz CT molecular complexity index is 1890. The van der Waals surface area contributed by atoms with E-state index < -0.39 is 119 Å². The van der Waals surface area contributed by atoms with Crippen LogP contribution in [-0.2, 0) is 46.5 Å². The molecule has 21 heteroatoms. The molecule has 21 nitrogen and oxygen atoms in total. The van der Waals surface area contributed by atoms with Crippen LogP contribution in [0.3, 0.4) is 0 Å². The minimum atomic E-state index is -1.64. The van der Waals surface area contributed by atoms with Gasteiger partial charge >= 0.3 is 11.7 Å². The van der Waals surface area contributed by atoms with Crippen LogP contribution in [0.5, 0.6) is 5.75 Å². The number of nitrogens with two attached hydrogens (primary N) is 2. The van der Waals surface area contributed by atoms with Crippen LogP contribution in [-0.4, -0.2) is 104 Å². The topological polar surface area (TPSA) is 348 Å². The number of hydrogen-bond donors (Lipinski definition) is 11. The summed E-state index contributed by atoms with van der Waals surface area (Å²) in [5.41, 5.74) is 12.1. The number of nitrogens with zero attached hydrogens (tertiary/aromatic N) is 1. The van der Waals surface area contributed by atoms with Crippen molar-refractivity contribution < 1.29 is 53.8 Å². The molecule has 0 unspecified atom stereocenters. The fraction of sp³-hybridized carbons (Fsp3) is 0.525. The molecule has 0 saturated carbocycles. The number of amides is 6. The quantitative estimate of drug-likeness (QED) is 0.0352. The van der Waals surface area contributed by atoms with Crippen LogP contribution in [0.4, 0.5) is 11.4 Å². The maximum Gasteiger partial charge on any atom is 0.310 e. The first-order chi connectivity index (χ1) is 28.5. The summed E-state index contributed by atoms with van der Waals surface area (Å²) < 4.78 is 0. The molecule has 0 aliphatic heterocycles. The SMILES string of the molecule is CC(C)C[C@H](NCc1ccccc1N)C(=O)N[C@@H](CC(C)C)C(=O)N[C@H](C(=O)N[C@@H](C)C(=O)N[C@@H](Cc1ccc(O)c([N+](=O)[O-])c1)C(=O)N[C@@H](CCC(=O)O)C(N)=O)[C@@H](C)O. The van der Waals surface area contributed by atoms with E-state index in [-0.39, 0.29) is 30.4 Å². The standard InChI is InChI=1S/C40H59N9O12/c1-20(2)15-28(43-19-25-9-7-8-10-26(25)41)37(56)47-29(16-21(3)4)39(58)48-34(23(6)50)40(59)44-22(5)36(55)46-30(17-24-11-13-32(51)31(18-24)49(60)61)38(57)45-27(35(42)54)12-14-33(52)53/h7-11,13,18,20-23,27-30,34,43,50-51H,12,14-17,19,41H2,1-6H3,(H2,42,54)(H,44,59)(H,45,57)(H,46,55)(H,47,56)(H,48,58)(H,52,53)/t22-,23+,27-,28-,29-,30-,34-/m0/s1. The lowest BCUT2D eigenvalue weighted by atomic mass is 9.99. The van der Waals surface area contributed by atoms with E-state index in [1.165, 1.54) is 19.9 Å². The number of phenolic OH excluding ortho intramolecular Hbond substituents is 1. The Labute approximate surface area is 353 Å². The molecule has 13 N–H and O–H groups in total. The number of nitro groups is 1. The highest BCUT2D eigenvalue weighted by molar-refractivity contribution is 5.96. The number of aliphatic carboxylic acids is 1. The molecular weight excluding hydrogens is 798 g/mol. The first-order valence-electron chi connectivity index (χ1n) is 19.7. The highest BCUT2D eigenvalue weighted by atomic mass is 16.6. The van der Waals surface area contributed by atoms with Gasteiger partial charge in [0, 0.05) is 31.1 Å². The second kappa shape index (κ2) is 24.0. The molecule has 0 fully saturated rings. The van der Waals surface area contributed by atoms with Crippen LogP contribution in [0, 0.1) is 22.0 Å². The van der Waals surface area contributed by atoms with Gasteiger partial charge in [-0.3, -0.25) is 43.7 Å². The number of benzene rings is 2. The van der Waals surface area contributed by atoms with Gasteiger partial charge in [-0.25, -0.2) is 0 Å². The minimum Gasteiger partial charge on any atom is -0.502 e. The Morgan fingerprint density at radius 3 is 1.85 bits per heavy atom. The maximum absolute atomic E-state index is 13.7. The number of carbonyl (C=O) groups is 7. The zero-order valence-corrected chi connectivity index (χ0v) is 35.1. The van der Waals surface area contributed by atoms with Crippen LogP contribution in [0.2, 0.25) is 0 Å². The molecule has 0 aliphatic carbocycles. The number of carboxylic acids is 1. The lowest BCUT2D eigenvalue weighted by Gasteiger charge is -2.28. The van der Waals surface area contributed by atoms with Crippen LogP contribution in [0.1, 0.15) is 78.4 Å². The van der Waals surface area contributed by atoms with Crippen molar-refractivity contribution in [3.8, 4) is 5.75 Å². The second-order valence-corrected chi connectivity index (χ2v) is 15.7. The number of aliphatic hydroxyl groups is 1. The Morgan fingerprint density at radius 2 is 1.30 bits per heavy atom. The first-order valence-corrected chi connectivity index (χ1v) is 19.7. The average molecular weight is 858 g/mol. The van der Waals surface area contributed by atoms with Gasteiger partial charge in [-0.2, -0.15) is 0 Å². The number of carboxylic acid groups (broad SMARTS) is 1. The largest absolute Gasteiger partial charge is 0.502 e. The summed E-state index contributed by atoms with van der Waals surface area (Å²) in [6.45, 7) is 10.3. The summed E-state index contributed by atoms with van der Waals surface area (Å²) in [5.74, 6) is -7.37. The fourth-order valence-electron chi connectivity index (χ4n) is 6.10. The second-order valence-electron chi connectivity index (χ2n) is 15.7. The summed E-state index contributed by atoms with van der Waals surface area (Å²) in [7, 11) is 0. The normalized spacial score (nSPS) is 14.6. The van der Waals surface area contributed by atoms with Gasteiger partial charge in [0.05, 0.1) is 17.1 Å². The predicted molar refractivity (Wildman–Crippen MR) is 222 cm³/mol. The summed E-state index contributed by atoms with van der Waals surface area (Å²) in [4.78, 5) is 102. The highest BCUT2D eigenvalue weighted by Crippen LogP contribution is 2.27. The predicted octanol–water partition coefficient (Wildman–Crippen LogP) is -0.149. The van der Waals surface area contributed by atoms with E-state index in [2.05, 4.69) is 31.9 Å². The zero-order valence-electron chi connectivity index (χ0n) is 35.1. The van der Waals surface area contributed by atoms with E-state index in [4.69, 9.17) is 16.6 Å². The van der Waals surface area contributed by atoms with Crippen molar-refractivity contribution in [3.63, 3.8) is 0 Å². The molecule has 61 heavy (non-hydrogen) atoms. The Morgan fingerprint density at radius 1 is 0.738 bits per heavy atom. The summed E-state index contributed by atoms with van der Waals surface area (Å²) in [6, 6.07) is 2.31. The Balaban J connectivity index is 2.27. The molecule has 0 bridgehead atoms. The van der Waals surface area contributed by atoms with E-state index in [9.17, 15) is 53.9 Å². The van der Waals surface area contributed by atoms with Crippen LogP contribution < -0.4 is 43.4 Å². The van der Waals surface area contributed by atoms with Crippen molar-refractivity contribution in [1.29, 1.82) is 0 Å². The number of nitro benzene ring substituents is 1. The lowest BCUT2D eigenvalue weighted by Crippen LogP contribution is -2.61. The van der Waals surface area contributed by atoms with Crippen molar-refractivity contribution in [3.05, 3.63) is 63.7 Å². The van der Waals surface area contributed by atoms with Crippen molar-refractivity contribution in [1.82, 2.24) is 31.9 Å². The number of primary amides is 1. The van der Waals surface area contributed by atoms with Gasteiger partial charge in [0.2, 0.25) is 35.4 Å². The van der Waals surface area contributed by atoms with Gasteiger partial charge in [-0.05, 0) is 68.2 Å². The van der Waals surface area contributed by atoms with Crippen LogP contribution in [0.25, 0.3) is 0 Å². The average Bonchev–Trinajstić information content (AvgIpc) is 3.16. The summed E-state index contributed by atoms with van der Waals surface area (Å²) in [5, 5.41) is 56.5. The van der Waals surface area contributed by atoms with Gasteiger partial charge in [-0.1, -0.05) is 52.0 Å². The van der Waals surface area contributed by atoms with E-state index in [1.54, 1.807) is 12.1 Å². The number of nitrogen functional groups attached to an aromatic ring is 1. The van der Waals surface area contributed by atoms with Crippen molar-refractivity contribution in [2.45, 2.75) is 123 Å². The molecule has 0 saturated heterocycles. The Hall–Kier alpha value is -6.35. The van der Waals surface area contributed by atoms with E-state index >= 15 is 0 Å². The monoisotopic (exact) mass is 857 g/mol. The van der Waals surface area contributed by atoms with Crippen molar-refractivity contribution >= 4 is 52.8 Å². The van der Waals surface area contributed by atoms with Crippen molar-refractivity contribution in [2.24, 2.45) is 17.6 Å². The fourth-order valence-corrected chi connectivity index (χ4v) is 6.10. The molecule has 0 spiro atoms. The van der Waals surface area contributed by atoms with E-state index in [0.29, 0.717) is 12.1 Å². The number of para-hydroxylation sites is 1. The maximum atomic E-state index is 13.7. The molecule has 6 amide bonds. The molecule has 0 aliphatic rings. The molecule has 7 atom stereocenters. The molecule has 2 aromatic carbocycles. The highest BCUT2D eigenvalue weighted by Gasteiger charge is 2.34. The van der Waals surface area contributed by atoms with Gasteiger partial charge in [0.25, 0.3) is 0 Å². The third kappa shape index (κ3) is 17.0. The number of anilines is 1. The smallest absolute Gasteiger partial charge is 0.310 e. The molecule has 0 aromatic heterocycles. The van der Waals surface area contributed by atoms with Gasteiger partial charge in [0.1, 0.15) is 30.2 Å². The van der Waals surface area contributed by atoms with Gasteiger partial charge < -0.3 is 58.7 Å².